The maximum absolute atomic E-state index is 11.5. The third kappa shape index (κ3) is 23.2. The number of carbonyl (C=O) groups excluding carboxylic acids is 3. The fraction of sp³-hybridized carbons (Fsp3) is 0.278. The molecule has 9 aromatic carbocycles. The Morgan fingerprint density at radius 2 is 0.742 bits per heavy atom. The predicted octanol–water partition coefficient (Wildman–Crippen LogP) is 28.1. The Kier molecular flexibility index (Phi) is 31.8. The molecule has 0 fully saturated rings. The van der Waals surface area contributed by atoms with Gasteiger partial charge in [-0.2, -0.15) is 0 Å². The van der Waals surface area contributed by atoms with Crippen molar-refractivity contribution in [1.29, 1.82) is 0 Å². The number of ketones is 3. The zero-order valence-corrected chi connectivity index (χ0v) is 86.7. The van der Waals surface area contributed by atoms with Crippen LogP contribution in [-0.4, -0.2) is 82.1 Å². The molecule has 0 aliphatic heterocycles. The SMILES string of the molecule is CC(C)(C)C(=O)C=C(O)C(C)(C)C.CC(C)(C)C(=O)C=C(O)C(C)(C)C.CC(C)(C)C(=O)C=C(O)C(C)(C)C.Cc1[c-]c(-c2ncnc3cc(-c4cocn4)ccc23)c2oc3cccc(C)c3c2c1.Cc1[c-]c(-c2ncnc3cc(-c4cscn4)ccc23)c2oc3cccc(C)c3c2c1.Cc1[c-]c(-c2ncnc3cc(-n4ccnc4)ccc23)c2oc3cccc(C)c3c2c1.[Ir].[Ir].[Ir]. The van der Waals surface area contributed by atoms with Crippen molar-refractivity contribution in [2.45, 2.75) is 166 Å². The van der Waals surface area contributed by atoms with Crippen LogP contribution in [0.15, 0.2) is 242 Å². The number of hydrogen-bond acceptors (Lipinski definition) is 20. The van der Waals surface area contributed by atoms with Crippen LogP contribution in [0.4, 0.5) is 0 Å². The van der Waals surface area contributed by atoms with E-state index < -0.39 is 16.2 Å². The van der Waals surface area contributed by atoms with Crippen LogP contribution < -0.4 is 0 Å². The van der Waals surface area contributed by atoms with Gasteiger partial charge in [0, 0.05) is 179 Å². The van der Waals surface area contributed by atoms with Crippen molar-refractivity contribution in [2.24, 2.45) is 32.5 Å². The summed E-state index contributed by atoms with van der Waals surface area (Å²) in [4.78, 5) is 74.6. The first kappa shape index (κ1) is 102. The number of imidazole rings is 1. The summed E-state index contributed by atoms with van der Waals surface area (Å²) < 4.78 is 26.0. The molecule has 132 heavy (non-hydrogen) atoms. The van der Waals surface area contributed by atoms with Crippen LogP contribution in [0.25, 0.3) is 160 Å². The Hall–Kier alpha value is -12.0. The first-order valence-electron chi connectivity index (χ1n) is 42.6. The number of carbonyl (C=O) groups is 3. The number of thiazole rings is 1. The quantitative estimate of drug-likeness (QED) is 0.0687. The van der Waals surface area contributed by atoms with Crippen molar-refractivity contribution in [3.63, 3.8) is 0 Å². The van der Waals surface area contributed by atoms with Gasteiger partial charge < -0.3 is 37.6 Å². The van der Waals surface area contributed by atoms with Crippen LogP contribution in [0, 0.1) is 92.2 Å². The zero-order chi connectivity index (χ0) is 93.3. The molecule has 3 radical (unpaired) electrons. The van der Waals surface area contributed by atoms with E-state index in [0.717, 1.165) is 177 Å². The topological polar surface area (TPSA) is 285 Å². The molecule has 0 atom stereocenters. The third-order valence-electron chi connectivity index (χ3n) is 21.8. The number of aliphatic hydroxyl groups excluding tert-OH is 3. The van der Waals surface area contributed by atoms with Crippen LogP contribution in [0.2, 0.25) is 0 Å². The molecule has 3 N–H and O–H groups in total. The minimum atomic E-state index is -0.417. The molecule has 9 aromatic heterocycles. The minimum Gasteiger partial charge on any atom is -0.512 e. The van der Waals surface area contributed by atoms with E-state index in [1.165, 1.54) is 41.3 Å². The van der Waals surface area contributed by atoms with E-state index in [-0.39, 0.29) is 111 Å². The Morgan fingerprint density at radius 3 is 1.05 bits per heavy atom. The normalized spacial score (nSPS) is 12.2. The average molecular weight is 2320 g/mol. The molecule has 687 valence electrons. The average Bonchev–Trinajstić information content (AvgIpc) is 1.61. The molecule has 0 aliphatic carbocycles. The summed E-state index contributed by atoms with van der Waals surface area (Å²) in [7, 11) is 0. The van der Waals surface area contributed by atoms with E-state index in [4.69, 9.17) is 17.7 Å². The summed E-state index contributed by atoms with van der Waals surface area (Å²) in [5, 5.41) is 40.3. The first-order chi connectivity index (χ1) is 60.7. The second-order valence-corrected chi connectivity index (χ2v) is 39.3. The largest absolute Gasteiger partial charge is 0.512 e. The standard InChI is InChI=1S/C25H17N4O.C25H16N3O2.C25H16N3OS.3C11H20O2.3Ir/c1-15-10-19-23-16(2)4-3-5-22(23)30-25(19)20(11-15)24-18-7-6-17(29-9-8-26-14-29)12-21(18)27-13-28-24;1-14-8-18-23-15(2)4-3-5-22(23)30-25(18)19(9-14)24-17-7-6-16(21-11-29-13-28-21)10-20(17)26-12-27-24;1-14-8-18-23-15(2)4-3-5-22(23)29-25(18)19(9-14)24-17-7-6-16(21-11-30-13-28-21)10-20(17)26-12-27-24;3*1-10(2,3)8(12)7-9(13)11(4,5)6;;;/h3-10,12-14H,1-2H3;2*3-8,10-13H,1-2H3;3*7,12H,1-6H3;;;/q3*-1;;;;;;. The molecule has 18 rings (SSSR count). The molecule has 0 saturated carbocycles. The molecule has 9 heterocycles. The zero-order valence-electron chi connectivity index (χ0n) is 78.7. The van der Waals surface area contributed by atoms with Crippen molar-refractivity contribution >= 4 is 127 Å². The number of aliphatic hydroxyl groups is 3. The van der Waals surface area contributed by atoms with Gasteiger partial charge in [0.05, 0.1) is 50.8 Å². The summed E-state index contributed by atoms with van der Waals surface area (Å²) in [6, 6.07) is 53.6. The van der Waals surface area contributed by atoms with Crippen LogP contribution in [0.5, 0.6) is 0 Å². The number of furan rings is 3. The van der Waals surface area contributed by atoms with Gasteiger partial charge in [-0.1, -0.05) is 245 Å². The maximum atomic E-state index is 11.5. The number of benzene rings is 9. The van der Waals surface area contributed by atoms with E-state index >= 15 is 0 Å². The third-order valence-corrected chi connectivity index (χ3v) is 22.4. The molecule has 0 aliphatic rings. The number of fused-ring (bicyclic) bond motifs is 12. The monoisotopic (exact) mass is 2320 g/mol. The van der Waals surface area contributed by atoms with E-state index in [9.17, 15) is 29.7 Å². The van der Waals surface area contributed by atoms with Gasteiger partial charge in [0.2, 0.25) is 0 Å². The van der Waals surface area contributed by atoms with Gasteiger partial charge in [-0.05, 0) is 96.1 Å². The van der Waals surface area contributed by atoms with Crippen molar-refractivity contribution in [3.05, 3.63) is 276 Å². The summed E-state index contributed by atoms with van der Waals surface area (Å²) in [5.74, 6) is 0.312. The molecule has 0 saturated heterocycles. The van der Waals surface area contributed by atoms with Crippen molar-refractivity contribution in [2.75, 3.05) is 0 Å². The number of aromatic nitrogens is 10. The minimum absolute atomic E-state index is 0. The number of hydrogen-bond donors (Lipinski definition) is 3. The van der Waals surface area contributed by atoms with Crippen LogP contribution in [0.1, 0.15) is 158 Å². The number of rotatable bonds is 9. The second-order valence-electron chi connectivity index (χ2n) is 38.6. The molecule has 0 spiro atoms. The van der Waals surface area contributed by atoms with Crippen LogP contribution >= 0.6 is 11.3 Å². The van der Waals surface area contributed by atoms with Crippen LogP contribution in [0.3, 0.4) is 0 Å². The molecule has 0 bridgehead atoms. The molecule has 24 heteroatoms. The van der Waals surface area contributed by atoms with E-state index in [1.54, 1.807) is 49.1 Å². The van der Waals surface area contributed by atoms with Gasteiger partial charge in [-0.3, -0.25) is 29.3 Å². The van der Waals surface area contributed by atoms with Crippen molar-refractivity contribution in [1.82, 2.24) is 49.4 Å². The number of aryl methyl sites for hydroxylation is 6. The van der Waals surface area contributed by atoms with Crippen molar-refractivity contribution < 1.29 is 108 Å². The first-order valence-corrected chi connectivity index (χ1v) is 43.6. The maximum Gasteiger partial charge on any atom is 0.181 e. The van der Waals surface area contributed by atoms with Gasteiger partial charge in [0.15, 0.2) is 23.7 Å². The molecular weight excluding hydrogens is 2210 g/mol. The number of nitrogens with zero attached hydrogens (tertiary/aromatic N) is 10. The van der Waals surface area contributed by atoms with Gasteiger partial charge >= 0.3 is 0 Å². The number of allylic oxidation sites excluding steroid dienone is 6. The molecule has 20 nitrogen and oxygen atoms in total. The van der Waals surface area contributed by atoms with Gasteiger partial charge in [0.25, 0.3) is 0 Å². The van der Waals surface area contributed by atoms with E-state index in [0.29, 0.717) is 0 Å². The fourth-order valence-corrected chi connectivity index (χ4v) is 14.6. The van der Waals surface area contributed by atoms with E-state index in [2.05, 4.69) is 158 Å². The Balaban J connectivity index is 0.000000171. The van der Waals surface area contributed by atoms with Gasteiger partial charge in [-0.15, -0.1) is 64.4 Å². The molecular formula is C108H109Ir3N10O10S-3. The fourth-order valence-electron chi connectivity index (χ4n) is 14.1. The van der Waals surface area contributed by atoms with Crippen LogP contribution in [-0.2, 0) is 74.7 Å². The molecule has 18 aromatic rings. The molecule has 0 amide bonds. The summed E-state index contributed by atoms with van der Waals surface area (Å²) in [6.45, 7) is 45.8. The van der Waals surface area contributed by atoms with Gasteiger partial charge in [-0.25, -0.2) is 29.9 Å². The second kappa shape index (κ2) is 41.0. The summed E-state index contributed by atoms with van der Waals surface area (Å²) in [6.07, 6.45) is 17.3. The molecule has 0 unspecified atom stereocenters. The Bertz CT molecular complexity index is 6670. The van der Waals surface area contributed by atoms with E-state index in [1.807, 2.05) is 220 Å². The predicted molar refractivity (Wildman–Crippen MR) is 519 cm³/mol. The summed E-state index contributed by atoms with van der Waals surface area (Å²) >= 11 is 1.58. The number of oxazole rings is 1. The van der Waals surface area contributed by atoms with Gasteiger partial charge in [0.1, 0.15) is 65.0 Å². The Labute approximate surface area is 814 Å². The Morgan fingerprint density at radius 1 is 0.394 bits per heavy atom. The smallest absolute Gasteiger partial charge is 0.181 e. The summed E-state index contributed by atoms with van der Waals surface area (Å²) in [5.41, 5.74) is 23.6. The van der Waals surface area contributed by atoms with Crippen molar-refractivity contribution in [3.8, 4) is 62.0 Å².